The highest BCUT2D eigenvalue weighted by Gasteiger charge is 2.14. The van der Waals surface area contributed by atoms with Crippen LogP contribution in [0.15, 0.2) is 79.8 Å². The van der Waals surface area contributed by atoms with Gasteiger partial charge in [0.2, 0.25) is 5.91 Å². The summed E-state index contributed by atoms with van der Waals surface area (Å²) in [5.74, 6) is 1.31. The predicted octanol–water partition coefficient (Wildman–Crippen LogP) is 3.59. The summed E-state index contributed by atoms with van der Waals surface area (Å²) < 4.78 is 7.62. The molecule has 0 aliphatic carbocycles. The summed E-state index contributed by atoms with van der Waals surface area (Å²) in [7, 11) is 0. The largest absolute Gasteiger partial charge is 0.457 e. The Morgan fingerprint density at radius 3 is 2.62 bits per heavy atom. The molecule has 4 rings (SSSR count). The van der Waals surface area contributed by atoms with Crippen molar-refractivity contribution in [2.45, 2.75) is 6.54 Å². The average Bonchev–Trinajstić information content (AvgIpc) is 3.14. The fraction of sp³-hybridized carbons (Fsp3) is 0.0909. The molecule has 0 spiro atoms. The summed E-state index contributed by atoms with van der Waals surface area (Å²) in [6.07, 6.45) is 4.48. The van der Waals surface area contributed by atoms with Gasteiger partial charge in [-0.05, 0) is 42.5 Å². The molecule has 2 aromatic carbocycles. The maximum Gasteiger partial charge on any atom is 0.243 e. The fourth-order valence-electron chi connectivity index (χ4n) is 2.95. The lowest BCUT2D eigenvalue weighted by molar-refractivity contribution is -0.116. The van der Waals surface area contributed by atoms with Crippen LogP contribution in [0.4, 0.5) is 0 Å². The lowest BCUT2D eigenvalue weighted by Gasteiger charge is -2.06. The molecule has 0 saturated carbocycles. The van der Waals surface area contributed by atoms with Crippen LogP contribution in [-0.2, 0) is 11.3 Å². The second kappa shape index (κ2) is 8.35. The number of benzene rings is 2. The van der Waals surface area contributed by atoms with Gasteiger partial charge in [-0.15, -0.1) is 0 Å². The molecule has 7 heteroatoms. The van der Waals surface area contributed by atoms with E-state index >= 15 is 0 Å². The van der Waals surface area contributed by atoms with Crippen molar-refractivity contribution in [1.82, 2.24) is 25.1 Å². The number of rotatable bonds is 7. The van der Waals surface area contributed by atoms with Crippen molar-refractivity contribution in [3.05, 3.63) is 79.8 Å². The molecule has 0 aliphatic heterocycles. The summed E-state index contributed by atoms with van der Waals surface area (Å²) >= 11 is 0. The summed E-state index contributed by atoms with van der Waals surface area (Å²) in [5, 5.41) is 8.29. The van der Waals surface area contributed by atoms with Crippen molar-refractivity contribution in [3.63, 3.8) is 0 Å². The van der Waals surface area contributed by atoms with Crippen LogP contribution in [0.3, 0.4) is 0 Å². The van der Waals surface area contributed by atoms with Crippen LogP contribution in [-0.4, -0.2) is 32.2 Å². The minimum Gasteiger partial charge on any atom is -0.457 e. The Bertz CT molecular complexity index is 1140. The number of hydrogen-bond donors (Lipinski definition) is 1. The van der Waals surface area contributed by atoms with E-state index < -0.39 is 0 Å². The van der Waals surface area contributed by atoms with Gasteiger partial charge in [0.25, 0.3) is 0 Å². The molecule has 144 valence electrons. The van der Waals surface area contributed by atoms with E-state index in [-0.39, 0.29) is 5.91 Å². The second-order valence-corrected chi connectivity index (χ2v) is 6.27. The number of hydrogen-bond acceptors (Lipinski definition) is 5. The third-order valence-electron chi connectivity index (χ3n) is 4.33. The SMILES string of the molecule is C=CC(=O)NCCn1nc(-c2ccc(Oc3ccccc3)cc2)c2cncnc21. The first kappa shape index (κ1) is 18.4. The number of carbonyl (C=O) groups excluding carboxylic acids is 1. The number of aromatic nitrogens is 4. The van der Waals surface area contributed by atoms with Crippen molar-refractivity contribution in [2.24, 2.45) is 0 Å². The monoisotopic (exact) mass is 385 g/mol. The molecular formula is C22H19N5O2. The Morgan fingerprint density at radius 2 is 1.86 bits per heavy atom. The van der Waals surface area contributed by atoms with Gasteiger partial charge in [-0.1, -0.05) is 24.8 Å². The topological polar surface area (TPSA) is 81.9 Å². The van der Waals surface area contributed by atoms with E-state index in [2.05, 4.69) is 21.9 Å². The zero-order valence-corrected chi connectivity index (χ0v) is 15.7. The van der Waals surface area contributed by atoms with Gasteiger partial charge in [0, 0.05) is 18.3 Å². The summed E-state index contributed by atoms with van der Waals surface area (Å²) in [6, 6.07) is 17.3. The Balaban J connectivity index is 1.58. The van der Waals surface area contributed by atoms with Crippen LogP contribution in [0.5, 0.6) is 11.5 Å². The molecule has 1 amide bonds. The zero-order chi connectivity index (χ0) is 20.1. The molecular weight excluding hydrogens is 366 g/mol. The Kier molecular flexibility index (Phi) is 5.29. The van der Waals surface area contributed by atoms with Crippen molar-refractivity contribution in [2.75, 3.05) is 6.54 Å². The third-order valence-corrected chi connectivity index (χ3v) is 4.33. The maximum absolute atomic E-state index is 11.4. The highest BCUT2D eigenvalue weighted by Crippen LogP contribution is 2.29. The van der Waals surface area contributed by atoms with E-state index in [1.165, 1.54) is 12.4 Å². The van der Waals surface area contributed by atoms with Crippen LogP contribution in [0.25, 0.3) is 22.3 Å². The quantitative estimate of drug-likeness (QED) is 0.492. The van der Waals surface area contributed by atoms with Crippen molar-refractivity contribution < 1.29 is 9.53 Å². The van der Waals surface area contributed by atoms with Crippen molar-refractivity contribution in [3.8, 4) is 22.8 Å². The number of fused-ring (bicyclic) bond motifs is 1. The molecule has 2 heterocycles. The van der Waals surface area contributed by atoms with E-state index in [0.29, 0.717) is 18.7 Å². The predicted molar refractivity (Wildman–Crippen MR) is 110 cm³/mol. The van der Waals surface area contributed by atoms with Crippen molar-refractivity contribution >= 4 is 16.9 Å². The number of amides is 1. The van der Waals surface area contributed by atoms with Crippen LogP contribution in [0, 0.1) is 0 Å². The maximum atomic E-state index is 11.4. The molecule has 7 nitrogen and oxygen atoms in total. The minimum atomic E-state index is -0.217. The van der Waals surface area contributed by atoms with Gasteiger partial charge in [0.05, 0.1) is 11.9 Å². The number of nitrogens with zero attached hydrogens (tertiary/aromatic N) is 4. The average molecular weight is 385 g/mol. The minimum absolute atomic E-state index is 0.217. The number of ether oxygens (including phenoxy) is 1. The number of para-hydroxylation sites is 1. The van der Waals surface area contributed by atoms with E-state index in [4.69, 9.17) is 9.84 Å². The summed E-state index contributed by atoms with van der Waals surface area (Å²) in [6.45, 7) is 4.36. The first-order valence-corrected chi connectivity index (χ1v) is 9.15. The van der Waals surface area contributed by atoms with Crippen molar-refractivity contribution in [1.29, 1.82) is 0 Å². The van der Waals surface area contributed by atoms with Gasteiger partial charge in [-0.25, -0.2) is 14.6 Å². The number of nitrogens with one attached hydrogen (secondary N) is 1. The molecule has 0 aliphatic rings. The van der Waals surface area contributed by atoms with E-state index in [9.17, 15) is 4.79 Å². The first-order valence-electron chi connectivity index (χ1n) is 9.15. The van der Waals surface area contributed by atoms with Crippen LogP contribution < -0.4 is 10.1 Å². The second-order valence-electron chi connectivity index (χ2n) is 6.27. The van der Waals surface area contributed by atoms with Gasteiger partial charge in [0.1, 0.15) is 23.5 Å². The summed E-state index contributed by atoms with van der Waals surface area (Å²) in [4.78, 5) is 19.8. The molecule has 0 bridgehead atoms. The highest BCUT2D eigenvalue weighted by atomic mass is 16.5. The first-order chi connectivity index (χ1) is 14.2. The van der Waals surface area contributed by atoms with Gasteiger partial charge < -0.3 is 10.1 Å². The standard InChI is InChI=1S/C22H19N5O2/c1-2-20(28)24-12-13-27-22-19(14-23-15-25-22)21(26-27)16-8-10-18(11-9-16)29-17-6-4-3-5-7-17/h2-11,14-15H,1,12-13H2,(H,24,28). The lowest BCUT2D eigenvalue weighted by atomic mass is 10.1. The van der Waals surface area contributed by atoms with Gasteiger partial charge in [-0.3, -0.25) is 4.79 Å². The van der Waals surface area contributed by atoms with E-state index in [1.54, 1.807) is 10.9 Å². The Labute approximate surface area is 167 Å². The van der Waals surface area contributed by atoms with E-state index in [1.807, 2.05) is 54.6 Å². The van der Waals surface area contributed by atoms with E-state index in [0.717, 1.165) is 28.1 Å². The number of carbonyl (C=O) groups is 1. The Morgan fingerprint density at radius 1 is 1.10 bits per heavy atom. The highest BCUT2D eigenvalue weighted by molar-refractivity contribution is 5.90. The molecule has 0 atom stereocenters. The molecule has 2 aromatic heterocycles. The normalized spacial score (nSPS) is 10.6. The lowest BCUT2D eigenvalue weighted by Crippen LogP contribution is -2.25. The van der Waals surface area contributed by atoms with Gasteiger partial charge in [0.15, 0.2) is 5.65 Å². The van der Waals surface area contributed by atoms with Crippen LogP contribution >= 0.6 is 0 Å². The summed E-state index contributed by atoms with van der Waals surface area (Å²) in [5.41, 5.74) is 2.42. The smallest absolute Gasteiger partial charge is 0.243 e. The molecule has 0 radical (unpaired) electrons. The molecule has 4 aromatic rings. The molecule has 29 heavy (non-hydrogen) atoms. The molecule has 0 saturated heterocycles. The third kappa shape index (κ3) is 4.14. The van der Waals surface area contributed by atoms with Gasteiger partial charge >= 0.3 is 0 Å². The molecule has 0 unspecified atom stereocenters. The Hall–Kier alpha value is -4.00. The van der Waals surface area contributed by atoms with Crippen LogP contribution in [0.1, 0.15) is 0 Å². The van der Waals surface area contributed by atoms with Crippen LogP contribution in [0.2, 0.25) is 0 Å². The fourth-order valence-corrected chi connectivity index (χ4v) is 2.95. The van der Waals surface area contributed by atoms with Gasteiger partial charge in [-0.2, -0.15) is 5.10 Å². The molecule has 0 fully saturated rings. The zero-order valence-electron chi connectivity index (χ0n) is 15.7. The molecule has 1 N–H and O–H groups in total.